The summed E-state index contributed by atoms with van der Waals surface area (Å²) in [7, 11) is 4.02. The van der Waals surface area contributed by atoms with E-state index in [2.05, 4.69) is 14.9 Å². The lowest BCUT2D eigenvalue weighted by atomic mass is 10.4. The van der Waals surface area contributed by atoms with Crippen LogP contribution in [0.15, 0.2) is 6.20 Å². The fourth-order valence-corrected chi connectivity index (χ4v) is 1.25. The average Bonchev–Trinajstić information content (AvgIpc) is 2.17. The molecule has 1 rings (SSSR count). The molecule has 0 radical (unpaired) electrons. The zero-order chi connectivity index (χ0) is 11.3. The largest absolute Gasteiger partial charge is 0.476 e. The Morgan fingerprint density at radius 2 is 2.13 bits per heavy atom. The van der Waals surface area contributed by atoms with Crippen LogP contribution in [-0.4, -0.2) is 42.1 Å². The van der Waals surface area contributed by atoms with Crippen molar-refractivity contribution < 1.29 is 4.74 Å². The Morgan fingerprint density at radius 3 is 2.80 bits per heavy atom. The van der Waals surface area contributed by atoms with Crippen LogP contribution in [0.25, 0.3) is 0 Å². The third-order valence-corrected chi connectivity index (χ3v) is 2.11. The minimum atomic E-state index is 0.141. The summed E-state index contributed by atoms with van der Waals surface area (Å²) < 4.78 is 5.37. The predicted molar refractivity (Wildman–Crippen MR) is 60.7 cm³/mol. The molecule has 15 heavy (non-hydrogen) atoms. The number of aromatic nitrogens is 2. The van der Waals surface area contributed by atoms with Gasteiger partial charge in [0.15, 0.2) is 0 Å². The number of ether oxygens (including phenoxy) is 1. The molecule has 0 aromatic carbocycles. The Balaban J connectivity index is 2.40. The van der Waals surface area contributed by atoms with Crippen molar-refractivity contribution >= 4 is 23.2 Å². The summed E-state index contributed by atoms with van der Waals surface area (Å²) in [6.07, 6.45) is 2.34. The first kappa shape index (κ1) is 12.5. The molecule has 0 aliphatic rings. The Morgan fingerprint density at radius 1 is 1.40 bits per heavy atom. The average molecular weight is 250 g/mol. The summed E-state index contributed by atoms with van der Waals surface area (Å²) in [5.74, 6) is 0.343. The second-order valence-electron chi connectivity index (χ2n) is 3.30. The highest BCUT2D eigenvalue weighted by Gasteiger charge is 2.04. The van der Waals surface area contributed by atoms with Crippen LogP contribution in [0.3, 0.4) is 0 Å². The molecule has 0 fully saturated rings. The lowest BCUT2D eigenvalue weighted by Gasteiger charge is -2.10. The van der Waals surface area contributed by atoms with Crippen LogP contribution in [0.4, 0.5) is 0 Å². The van der Waals surface area contributed by atoms with Crippen LogP contribution >= 0.6 is 23.2 Å². The summed E-state index contributed by atoms with van der Waals surface area (Å²) in [4.78, 5) is 9.69. The highest BCUT2D eigenvalue weighted by atomic mass is 35.5. The van der Waals surface area contributed by atoms with Crippen LogP contribution in [0.2, 0.25) is 10.3 Å². The smallest absolute Gasteiger partial charge is 0.237 e. The van der Waals surface area contributed by atoms with Crippen molar-refractivity contribution in [3.63, 3.8) is 0 Å². The minimum absolute atomic E-state index is 0.141. The van der Waals surface area contributed by atoms with Gasteiger partial charge in [-0.3, -0.25) is 0 Å². The number of rotatable bonds is 5. The lowest BCUT2D eigenvalue weighted by molar-refractivity contribution is 0.273. The topological polar surface area (TPSA) is 38.2 Å². The van der Waals surface area contributed by atoms with Gasteiger partial charge >= 0.3 is 0 Å². The molecular formula is C9H13Cl2N3O. The zero-order valence-electron chi connectivity index (χ0n) is 8.70. The molecule has 0 N–H and O–H groups in total. The fourth-order valence-electron chi connectivity index (χ4n) is 0.982. The van der Waals surface area contributed by atoms with Crippen molar-refractivity contribution in [3.05, 3.63) is 16.5 Å². The van der Waals surface area contributed by atoms with Crippen molar-refractivity contribution in [2.45, 2.75) is 6.42 Å². The van der Waals surface area contributed by atoms with Gasteiger partial charge in [-0.25, -0.2) is 4.98 Å². The Kier molecular flexibility index (Phi) is 5.08. The number of hydrogen-bond acceptors (Lipinski definition) is 4. The van der Waals surface area contributed by atoms with Crippen molar-refractivity contribution in [1.82, 2.24) is 14.9 Å². The molecule has 6 heteroatoms. The highest BCUT2D eigenvalue weighted by Crippen LogP contribution is 2.21. The van der Waals surface area contributed by atoms with E-state index in [1.807, 2.05) is 14.1 Å². The zero-order valence-corrected chi connectivity index (χ0v) is 10.2. The van der Waals surface area contributed by atoms with E-state index < -0.39 is 0 Å². The molecule has 0 unspecified atom stereocenters. The van der Waals surface area contributed by atoms with E-state index in [1.54, 1.807) is 0 Å². The third kappa shape index (κ3) is 4.64. The van der Waals surface area contributed by atoms with Crippen LogP contribution in [0.1, 0.15) is 6.42 Å². The maximum absolute atomic E-state index is 5.82. The maximum Gasteiger partial charge on any atom is 0.237 e. The van der Waals surface area contributed by atoms with Gasteiger partial charge in [-0.1, -0.05) is 11.6 Å². The van der Waals surface area contributed by atoms with Gasteiger partial charge in [0.25, 0.3) is 0 Å². The standard InChI is InChI=1S/C9H13Cl2N3O/c1-14(2)4-3-5-15-8-7(10)6-12-9(11)13-8/h6H,3-5H2,1-2H3. The van der Waals surface area contributed by atoms with E-state index in [1.165, 1.54) is 6.20 Å². The van der Waals surface area contributed by atoms with Crippen molar-refractivity contribution in [1.29, 1.82) is 0 Å². The first-order valence-electron chi connectivity index (χ1n) is 4.55. The monoisotopic (exact) mass is 249 g/mol. The predicted octanol–water partition coefficient (Wildman–Crippen LogP) is 2.11. The molecule has 84 valence electrons. The SMILES string of the molecule is CN(C)CCCOc1nc(Cl)ncc1Cl. The molecule has 0 amide bonds. The van der Waals surface area contributed by atoms with Crippen molar-refractivity contribution in [3.8, 4) is 5.88 Å². The molecule has 4 nitrogen and oxygen atoms in total. The molecule has 0 aliphatic heterocycles. The van der Waals surface area contributed by atoms with Crippen LogP contribution in [-0.2, 0) is 0 Å². The van der Waals surface area contributed by atoms with E-state index in [0.717, 1.165) is 13.0 Å². The molecule has 0 saturated heterocycles. The van der Waals surface area contributed by atoms with Crippen LogP contribution in [0, 0.1) is 0 Å². The Bertz CT molecular complexity index is 320. The molecule has 1 aromatic heterocycles. The van der Waals surface area contributed by atoms with Crippen molar-refractivity contribution in [2.24, 2.45) is 0 Å². The Labute approximate surface area is 99.2 Å². The molecule has 0 aliphatic carbocycles. The molecule has 1 aromatic rings. The number of halogens is 2. The fraction of sp³-hybridized carbons (Fsp3) is 0.556. The summed E-state index contributed by atoms with van der Waals surface area (Å²) in [5, 5.41) is 0.520. The van der Waals surface area contributed by atoms with Gasteiger partial charge in [0.05, 0.1) is 12.8 Å². The van der Waals surface area contributed by atoms with Gasteiger partial charge in [-0.15, -0.1) is 0 Å². The van der Waals surface area contributed by atoms with Crippen molar-refractivity contribution in [2.75, 3.05) is 27.2 Å². The van der Waals surface area contributed by atoms with Crippen LogP contribution in [0.5, 0.6) is 5.88 Å². The van der Waals surface area contributed by atoms with E-state index in [4.69, 9.17) is 27.9 Å². The first-order valence-corrected chi connectivity index (χ1v) is 5.31. The highest BCUT2D eigenvalue weighted by molar-refractivity contribution is 6.32. The van der Waals surface area contributed by atoms with E-state index in [9.17, 15) is 0 Å². The molecule has 0 atom stereocenters. The minimum Gasteiger partial charge on any atom is -0.476 e. The second kappa shape index (κ2) is 6.10. The van der Waals surface area contributed by atoms with Gasteiger partial charge < -0.3 is 9.64 Å². The number of hydrogen-bond donors (Lipinski definition) is 0. The van der Waals surface area contributed by atoms with E-state index >= 15 is 0 Å². The molecule has 0 saturated carbocycles. The lowest BCUT2D eigenvalue weighted by Crippen LogP contribution is -2.15. The van der Waals surface area contributed by atoms with E-state index in [-0.39, 0.29) is 5.28 Å². The normalized spacial score (nSPS) is 10.7. The van der Waals surface area contributed by atoms with Gasteiger partial charge in [0, 0.05) is 6.54 Å². The molecule has 0 bridgehead atoms. The molecular weight excluding hydrogens is 237 g/mol. The second-order valence-corrected chi connectivity index (χ2v) is 4.04. The first-order chi connectivity index (χ1) is 7.09. The van der Waals surface area contributed by atoms with Gasteiger partial charge in [-0.05, 0) is 32.1 Å². The summed E-state index contributed by atoms with van der Waals surface area (Å²) >= 11 is 11.4. The van der Waals surface area contributed by atoms with E-state index in [0.29, 0.717) is 17.5 Å². The summed E-state index contributed by atoms with van der Waals surface area (Å²) in [5.41, 5.74) is 0. The van der Waals surface area contributed by atoms with Gasteiger partial charge in [0.2, 0.25) is 11.2 Å². The quantitative estimate of drug-likeness (QED) is 0.592. The Hall–Kier alpha value is -0.580. The maximum atomic E-state index is 5.82. The summed E-state index contributed by atoms with van der Waals surface area (Å²) in [6.45, 7) is 1.52. The molecule has 1 heterocycles. The number of nitrogens with zero attached hydrogens (tertiary/aromatic N) is 3. The van der Waals surface area contributed by atoms with Gasteiger partial charge in [-0.2, -0.15) is 4.98 Å². The van der Waals surface area contributed by atoms with Gasteiger partial charge in [0.1, 0.15) is 5.02 Å². The van der Waals surface area contributed by atoms with Crippen LogP contribution < -0.4 is 4.74 Å². The third-order valence-electron chi connectivity index (χ3n) is 1.67. The molecule has 0 spiro atoms. The summed E-state index contributed by atoms with van der Waals surface area (Å²) in [6, 6.07) is 0.